The first-order chi connectivity index (χ1) is 13.3. The second-order valence-electron chi connectivity index (χ2n) is 5.98. The van der Waals surface area contributed by atoms with Gasteiger partial charge in [-0.05, 0) is 24.3 Å². The van der Waals surface area contributed by atoms with Crippen LogP contribution in [0.2, 0.25) is 0 Å². The maximum absolute atomic E-state index is 9.44. The predicted octanol–water partition coefficient (Wildman–Crippen LogP) is 3.05. The van der Waals surface area contributed by atoms with Crippen LogP contribution in [0.1, 0.15) is 5.82 Å². The molecule has 0 saturated carbocycles. The average molecular weight is 358 g/mol. The molecule has 1 aliphatic heterocycles. The molecule has 2 heterocycles. The Balaban J connectivity index is 1.83. The van der Waals surface area contributed by atoms with Gasteiger partial charge in [0.2, 0.25) is 17.7 Å². The standard InChI is InChI=1S/C20H18N6O/c21-15-18-22-19(25-11-13-27-14-12-25)24-20(23-18)26(16-7-3-1-4-8-16)17-9-5-2-6-10-17/h1-10H,11-14H2. The van der Waals surface area contributed by atoms with Gasteiger partial charge < -0.3 is 9.64 Å². The van der Waals surface area contributed by atoms with Crippen molar-refractivity contribution in [3.63, 3.8) is 0 Å². The van der Waals surface area contributed by atoms with Crippen LogP contribution in [0.5, 0.6) is 0 Å². The first kappa shape index (κ1) is 16.9. The van der Waals surface area contributed by atoms with Crippen molar-refractivity contribution < 1.29 is 4.74 Å². The largest absolute Gasteiger partial charge is 0.378 e. The zero-order chi connectivity index (χ0) is 18.5. The van der Waals surface area contributed by atoms with Gasteiger partial charge in [0.25, 0.3) is 0 Å². The van der Waals surface area contributed by atoms with E-state index in [4.69, 9.17) is 4.74 Å². The van der Waals surface area contributed by atoms with E-state index >= 15 is 0 Å². The van der Waals surface area contributed by atoms with Gasteiger partial charge in [0.1, 0.15) is 6.07 Å². The highest BCUT2D eigenvalue weighted by Crippen LogP contribution is 2.32. The Kier molecular flexibility index (Phi) is 4.90. The van der Waals surface area contributed by atoms with Crippen LogP contribution >= 0.6 is 0 Å². The summed E-state index contributed by atoms with van der Waals surface area (Å²) in [5.41, 5.74) is 1.82. The molecule has 3 aromatic rings. The molecule has 7 heteroatoms. The summed E-state index contributed by atoms with van der Waals surface area (Å²) in [5, 5.41) is 9.44. The number of rotatable bonds is 4. The maximum Gasteiger partial charge on any atom is 0.240 e. The van der Waals surface area contributed by atoms with Crippen LogP contribution < -0.4 is 9.80 Å². The molecule has 0 amide bonds. The van der Waals surface area contributed by atoms with E-state index in [9.17, 15) is 5.26 Å². The predicted molar refractivity (Wildman–Crippen MR) is 102 cm³/mol. The van der Waals surface area contributed by atoms with Crippen molar-refractivity contribution in [3.8, 4) is 6.07 Å². The van der Waals surface area contributed by atoms with Gasteiger partial charge in [-0.15, -0.1) is 0 Å². The third-order valence-corrected chi connectivity index (χ3v) is 4.23. The summed E-state index contributed by atoms with van der Waals surface area (Å²) in [7, 11) is 0. The Hall–Kier alpha value is -3.50. The summed E-state index contributed by atoms with van der Waals surface area (Å²) in [6, 6.07) is 21.7. The number of nitrogens with zero attached hydrogens (tertiary/aromatic N) is 6. The summed E-state index contributed by atoms with van der Waals surface area (Å²) < 4.78 is 5.41. The average Bonchev–Trinajstić information content (AvgIpc) is 2.76. The summed E-state index contributed by atoms with van der Waals surface area (Å²) in [6.45, 7) is 2.60. The topological polar surface area (TPSA) is 78.2 Å². The summed E-state index contributed by atoms with van der Waals surface area (Å²) in [4.78, 5) is 17.3. The lowest BCUT2D eigenvalue weighted by molar-refractivity contribution is 0.122. The fourth-order valence-corrected chi connectivity index (χ4v) is 2.94. The number of aromatic nitrogens is 3. The van der Waals surface area contributed by atoms with Crippen LogP contribution in [0.25, 0.3) is 0 Å². The number of ether oxygens (including phenoxy) is 1. The molecule has 0 aliphatic carbocycles. The third kappa shape index (κ3) is 3.71. The lowest BCUT2D eigenvalue weighted by Gasteiger charge is -2.28. The Bertz CT molecular complexity index is 896. The van der Waals surface area contributed by atoms with Crippen molar-refractivity contribution in [3.05, 3.63) is 66.5 Å². The van der Waals surface area contributed by atoms with Gasteiger partial charge in [0.15, 0.2) is 0 Å². The van der Waals surface area contributed by atoms with Crippen LogP contribution in [0.3, 0.4) is 0 Å². The van der Waals surface area contributed by atoms with Gasteiger partial charge in [0.05, 0.1) is 13.2 Å². The molecule has 1 aromatic heterocycles. The van der Waals surface area contributed by atoms with E-state index in [-0.39, 0.29) is 5.82 Å². The van der Waals surface area contributed by atoms with Crippen LogP contribution in [0, 0.1) is 11.3 Å². The van der Waals surface area contributed by atoms with E-state index in [1.165, 1.54) is 0 Å². The van der Waals surface area contributed by atoms with E-state index in [1.807, 2.05) is 70.5 Å². The first-order valence-corrected chi connectivity index (χ1v) is 8.74. The Morgan fingerprint density at radius 1 is 0.852 bits per heavy atom. The monoisotopic (exact) mass is 358 g/mol. The molecule has 134 valence electrons. The van der Waals surface area contributed by atoms with Crippen molar-refractivity contribution in [1.82, 2.24) is 15.0 Å². The van der Waals surface area contributed by atoms with Crippen molar-refractivity contribution in [2.45, 2.75) is 0 Å². The molecule has 1 aliphatic rings. The van der Waals surface area contributed by atoms with E-state index in [0.29, 0.717) is 38.2 Å². The Morgan fingerprint density at radius 3 is 2.00 bits per heavy atom. The SMILES string of the molecule is N#Cc1nc(N2CCOCC2)nc(N(c2ccccc2)c2ccccc2)n1. The quantitative estimate of drug-likeness (QED) is 0.709. The molecule has 1 saturated heterocycles. The second kappa shape index (κ2) is 7.81. The molecule has 0 unspecified atom stereocenters. The summed E-state index contributed by atoms with van der Waals surface area (Å²) in [6.07, 6.45) is 0. The minimum absolute atomic E-state index is 0.0957. The van der Waals surface area contributed by atoms with Gasteiger partial charge in [-0.1, -0.05) is 36.4 Å². The molecule has 1 fully saturated rings. The summed E-state index contributed by atoms with van der Waals surface area (Å²) >= 11 is 0. The number of morpholine rings is 1. The number of anilines is 4. The van der Waals surface area contributed by atoms with Crippen LogP contribution in [-0.2, 0) is 4.74 Å². The number of benzene rings is 2. The zero-order valence-electron chi connectivity index (χ0n) is 14.7. The van der Waals surface area contributed by atoms with Crippen molar-refractivity contribution >= 4 is 23.3 Å². The molecule has 0 spiro atoms. The van der Waals surface area contributed by atoms with Gasteiger partial charge in [-0.2, -0.15) is 20.2 Å². The molecule has 27 heavy (non-hydrogen) atoms. The van der Waals surface area contributed by atoms with Crippen LogP contribution in [0.4, 0.5) is 23.3 Å². The van der Waals surface area contributed by atoms with Gasteiger partial charge in [-0.25, -0.2) is 0 Å². The van der Waals surface area contributed by atoms with Crippen molar-refractivity contribution in [2.24, 2.45) is 0 Å². The van der Waals surface area contributed by atoms with Gasteiger partial charge >= 0.3 is 0 Å². The van der Waals surface area contributed by atoms with E-state index < -0.39 is 0 Å². The molecule has 0 radical (unpaired) electrons. The minimum atomic E-state index is 0.0957. The highest BCUT2D eigenvalue weighted by Gasteiger charge is 2.21. The van der Waals surface area contributed by atoms with Crippen LogP contribution in [-0.4, -0.2) is 41.3 Å². The molecule has 7 nitrogen and oxygen atoms in total. The molecular weight excluding hydrogens is 340 g/mol. The summed E-state index contributed by atoms with van der Waals surface area (Å²) in [5.74, 6) is 1.01. The third-order valence-electron chi connectivity index (χ3n) is 4.23. The van der Waals surface area contributed by atoms with Gasteiger partial charge in [-0.3, -0.25) is 4.90 Å². The minimum Gasteiger partial charge on any atom is -0.378 e. The molecule has 0 bridgehead atoms. The van der Waals surface area contributed by atoms with E-state index in [2.05, 4.69) is 21.0 Å². The van der Waals surface area contributed by atoms with Crippen molar-refractivity contribution in [2.75, 3.05) is 36.1 Å². The maximum atomic E-state index is 9.44. The van der Waals surface area contributed by atoms with Crippen molar-refractivity contribution in [1.29, 1.82) is 5.26 Å². The highest BCUT2D eigenvalue weighted by atomic mass is 16.5. The zero-order valence-corrected chi connectivity index (χ0v) is 14.7. The lowest BCUT2D eigenvalue weighted by Crippen LogP contribution is -2.37. The number of nitriles is 1. The van der Waals surface area contributed by atoms with Gasteiger partial charge in [0, 0.05) is 24.5 Å². The number of para-hydroxylation sites is 2. The normalized spacial score (nSPS) is 13.8. The fourth-order valence-electron chi connectivity index (χ4n) is 2.94. The molecule has 0 atom stereocenters. The van der Waals surface area contributed by atoms with E-state index in [1.54, 1.807) is 0 Å². The second-order valence-corrected chi connectivity index (χ2v) is 5.98. The lowest BCUT2D eigenvalue weighted by atomic mass is 10.2. The molecular formula is C20H18N6O. The highest BCUT2D eigenvalue weighted by molar-refractivity contribution is 5.72. The van der Waals surface area contributed by atoms with Crippen LogP contribution in [0.15, 0.2) is 60.7 Å². The Morgan fingerprint density at radius 2 is 1.44 bits per heavy atom. The fraction of sp³-hybridized carbons (Fsp3) is 0.200. The first-order valence-electron chi connectivity index (χ1n) is 8.74. The molecule has 0 N–H and O–H groups in total. The number of hydrogen-bond donors (Lipinski definition) is 0. The molecule has 2 aromatic carbocycles. The smallest absolute Gasteiger partial charge is 0.240 e. The number of hydrogen-bond acceptors (Lipinski definition) is 7. The van der Waals surface area contributed by atoms with E-state index in [0.717, 1.165) is 11.4 Å². The Labute approximate surface area is 157 Å². The molecule has 4 rings (SSSR count).